The van der Waals surface area contributed by atoms with Gasteiger partial charge in [0.1, 0.15) is 11.8 Å². The molecule has 2 rings (SSSR count). The number of benzene rings is 2. The molecule has 0 aliphatic heterocycles. The molecule has 6 heteroatoms. The first-order valence-corrected chi connectivity index (χ1v) is 11.4. The van der Waals surface area contributed by atoms with Crippen LogP contribution in [-0.4, -0.2) is 35.9 Å². The lowest BCUT2D eigenvalue weighted by atomic mass is 10.1. The van der Waals surface area contributed by atoms with E-state index in [1.54, 1.807) is 4.90 Å². The van der Waals surface area contributed by atoms with Crippen LogP contribution in [0.1, 0.15) is 38.3 Å². The highest BCUT2D eigenvalue weighted by Crippen LogP contribution is 2.16. The first-order valence-electron chi connectivity index (χ1n) is 10.3. The Labute approximate surface area is 193 Å². The SMILES string of the molecule is CC[C@H](C(=O)NCC(C)C)N(Cc1cccc(C)c1)C(=O)COc1ccc(I)cc1. The van der Waals surface area contributed by atoms with Crippen molar-refractivity contribution in [3.05, 3.63) is 63.2 Å². The van der Waals surface area contributed by atoms with Crippen LogP contribution in [0.5, 0.6) is 5.75 Å². The Morgan fingerprint density at radius 3 is 2.43 bits per heavy atom. The van der Waals surface area contributed by atoms with Gasteiger partial charge >= 0.3 is 0 Å². The number of amides is 2. The number of halogens is 1. The van der Waals surface area contributed by atoms with Crippen molar-refractivity contribution in [3.8, 4) is 5.75 Å². The molecule has 1 atom stereocenters. The molecule has 2 aromatic carbocycles. The first-order chi connectivity index (χ1) is 14.3. The molecule has 0 aliphatic rings. The number of hydrogen-bond acceptors (Lipinski definition) is 3. The normalized spacial score (nSPS) is 11.8. The molecule has 2 amide bonds. The summed E-state index contributed by atoms with van der Waals surface area (Å²) < 4.78 is 6.81. The van der Waals surface area contributed by atoms with Crippen LogP contribution < -0.4 is 10.1 Å². The van der Waals surface area contributed by atoms with Gasteiger partial charge in [0, 0.05) is 16.7 Å². The summed E-state index contributed by atoms with van der Waals surface area (Å²) in [7, 11) is 0. The fourth-order valence-electron chi connectivity index (χ4n) is 3.11. The third-order valence-corrected chi connectivity index (χ3v) is 5.40. The van der Waals surface area contributed by atoms with Crippen LogP contribution in [-0.2, 0) is 16.1 Å². The van der Waals surface area contributed by atoms with Crippen molar-refractivity contribution in [2.24, 2.45) is 5.92 Å². The highest BCUT2D eigenvalue weighted by molar-refractivity contribution is 14.1. The predicted octanol–water partition coefficient (Wildman–Crippen LogP) is 4.56. The summed E-state index contributed by atoms with van der Waals surface area (Å²) in [5.74, 6) is 0.649. The highest BCUT2D eigenvalue weighted by atomic mass is 127. The Hall–Kier alpha value is -2.09. The van der Waals surface area contributed by atoms with E-state index in [-0.39, 0.29) is 18.4 Å². The van der Waals surface area contributed by atoms with Crippen molar-refractivity contribution in [1.29, 1.82) is 0 Å². The van der Waals surface area contributed by atoms with Crippen molar-refractivity contribution in [3.63, 3.8) is 0 Å². The van der Waals surface area contributed by atoms with Crippen LogP contribution in [0, 0.1) is 16.4 Å². The molecule has 0 aromatic heterocycles. The van der Waals surface area contributed by atoms with Gasteiger partial charge in [-0.05, 0) is 71.7 Å². The lowest BCUT2D eigenvalue weighted by Crippen LogP contribution is -2.50. The summed E-state index contributed by atoms with van der Waals surface area (Å²) in [6.45, 7) is 8.88. The molecule has 30 heavy (non-hydrogen) atoms. The van der Waals surface area contributed by atoms with E-state index in [1.165, 1.54) is 0 Å². The van der Waals surface area contributed by atoms with Gasteiger partial charge in [-0.25, -0.2) is 0 Å². The van der Waals surface area contributed by atoms with Gasteiger partial charge in [-0.15, -0.1) is 0 Å². The van der Waals surface area contributed by atoms with Crippen LogP contribution in [0.4, 0.5) is 0 Å². The van der Waals surface area contributed by atoms with Crippen molar-refractivity contribution >= 4 is 34.4 Å². The van der Waals surface area contributed by atoms with Crippen molar-refractivity contribution in [2.75, 3.05) is 13.2 Å². The molecule has 0 fully saturated rings. The summed E-state index contributed by atoms with van der Waals surface area (Å²) >= 11 is 2.22. The van der Waals surface area contributed by atoms with Crippen molar-refractivity contribution in [2.45, 2.75) is 46.7 Å². The minimum absolute atomic E-state index is 0.111. The third kappa shape index (κ3) is 7.63. The number of rotatable bonds is 10. The number of carbonyl (C=O) groups is 2. The average molecular weight is 522 g/mol. The van der Waals surface area contributed by atoms with Gasteiger partial charge in [0.25, 0.3) is 5.91 Å². The molecule has 0 heterocycles. The van der Waals surface area contributed by atoms with Crippen LogP contribution in [0.15, 0.2) is 48.5 Å². The fourth-order valence-corrected chi connectivity index (χ4v) is 3.47. The number of carbonyl (C=O) groups excluding carboxylic acids is 2. The smallest absolute Gasteiger partial charge is 0.261 e. The lowest BCUT2D eigenvalue weighted by molar-refractivity contribution is -0.143. The molecule has 0 radical (unpaired) electrons. The zero-order valence-electron chi connectivity index (χ0n) is 18.2. The van der Waals surface area contributed by atoms with Gasteiger partial charge < -0.3 is 15.0 Å². The number of nitrogens with zero attached hydrogens (tertiary/aromatic N) is 1. The van der Waals surface area contributed by atoms with E-state index < -0.39 is 6.04 Å². The first kappa shape index (κ1) is 24.2. The summed E-state index contributed by atoms with van der Waals surface area (Å²) in [4.78, 5) is 27.6. The van der Waals surface area contributed by atoms with E-state index in [2.05, 4.69) is 27.9 Å². The maximum atomic E-state index is 13.1. The summed E-state index contributed by atoms with van der Waals surface area (Å²) in [5.41, 5.74) is 2.11. The van der Waals surface area contributed by atoms with E-state index >= 15 is 0 Å². The van der Waals surface area contributed by atoms with E-state index in [0.717, 1.165) is 14.7 Å². The van der Waals surface area contributed by atoms with E-state index in [9.17, 15) is 9.59 Å². The van der Waals surface area contributed by atoms with Crippen LogP contribution in [0.2, 0.25) is 0 Å². The zero-order chi connectivity index (χ0) is 22.1. The molecular formula is C24H31IN2O3. The van der Waals surface area contributed by atoms with Crippen LogP contribution >= 0.6 is 22.6 Å². The Morgan fingerprint density at radius 2 is 1.83 bits per heavy atom. The minimum atomic E-state index is -0.544. The van der Waals surface area contributed by atoms with E-state index in [0.29, 0.717) is 31.2 Å². The lowest BCUT2D eigenvalue weighted by Gasteiger charge is -2.31. The van der Waals surface area contributed by atoms with Gasteiger partial charge in [0.05, 0.1) is 0 Å². The monoisotopic (exact) mass is 522 g/mol. The topological polar surface area (TPSA) is 58.6 Å². The van der Waals surface area contributed by atoms with Gasteiger partial charge in [-0.1, -0.05) is 50.6 Å². The summed E-state index contributed by atoms with van der Waals surface area (Å²) in [6, 6.07) is 15.0. The Balaban J connectivity index is 2.18. The maximum absolute atomic E-state index is 13.1. The molecule has 162 valence electrons. The molecule has 5 nitrogen and oxygen atoms in total. The van der Waals surface area contributed by atoms with Crippen LogP contribution in [0.3, 0.4) is 0 Å². The quantitative estimate of drug-likeness (QED) is 0.466. The molecule has 0 aliphatic carbocycles. The second-order valence-electron chi connectivity index (χ2n) is 7.82. The molecule has 0 unspecified atom stereocenters. The van der Waals surface area contributed by atoms with E-state index in [1.807, 2.05) is 76.2 Å². The van der Waals surface area contributed by atoms with Gasteiger partial charge in [0.15, 0.2) is 6.61 Å². The largest absolute Gasteiger partial charge is 0.484 e. The van der Waals surface area contributed by atoms with E-state index in [4.69, 9.17) is 4.74 Å². The standard InChI is InChI=1S/C24H31IN2O3/c1-5-22(24(29)26-14-17(2)3)27(15-19-8-6-7-18(4)13-19)23(28)16-30-21-11-9-20(25)10-12-21/h6-13,17,22H,5,14-16H2,1-4H3,(H,26,29)/t22-/m1/s1. The second-order valence-corrected chi connectivity index (χ2v) is 9.06. The van der Waals surface area contributed by atoms with Gasteiger partial charge in [-0.3, -0.25) is 9.59 Å². The number of hydrogen-bond donors (Lipinski definition) is 1. The Kier molecular flexibility index (Phi) is 9.62. The van der Waals surface area contributed by atoms with Crippen molar-refractivity contribution in [1.82, 2.24) is 10.2 Å². The fraction of sp³-hybridized carbons (Fsp3) is 0.417. The molecule has 0 spiro atoms. The number of ether oxygens (including phenoxy) is 1. The molecular weight excluding hydrogens is 491 g/mol. The summed E-state index contributed by atoms with van der Waals surface area (Å²) in [6.07, 6.45) is 0.533. The predicted molar refractivity (Wildman–Crippen MR) is 128 cm³/mol. The average Bonchev–Trinajstić information content (AvgIpc) is 2.71. The molecule has 1 N–H and O–H groups in total. The molecule has 0 saturated heterocycles. The second kappa shape index (κ2) is 11.9. The Bertz CT molecular complexity index is 837. The zero-order valence-corrected chi connectivity index (χ0v) is 20.3. The number of aryl methyl sites for hydroxylation is 1. The highest BCUT2D eigenvalue weighted by Gasteiger charge is 2.29. The van der Waals surface area contributed by atoms with Crippen LogP contribution in [0.25, 0.3) is 0 Å². The minimum Gasteiger partial charge on any atom is -0.484 e. The van der Waals surface area contributed by atoms with Gasteiger partial charge in [-0.2, -0.15) is 0 Å². The molecule has 2 aromatic rings. The number of nitrogens with one attached hydrogen (secondary N) is 1. The van der Waals surface area contributed by atoms with Gasteiger partial charge in [0.2, 0.25) is 5.91 Å². The maximum Gasteiger partial charge on any atom is 0.261 e. The molecule has 0 bridgehead atoms. The third-order valence-electron chi connectivity index (χ3n) is 4.68. The molecule has 0 saturated carbocycles. The Morgan fingerprint density at radius 1 is 1.13 bits per heavy atom. The summed E-state index contributed by atoms with van der Waals surface area (Å²) in [5, 5.41) is 2.97. The van der Waals surface area contributed by atoms with Crippen molar-refractivity contribution < 1.29 is 14.3 Å².